The van der Waals surface area contributed by atoms with Gasteiger partial charge >= 0.3 is 0 Å². The number of nitrogens with zero attached hydrogens (tertiary/aromatic N) is 2. The van der Waals surface area contributed by atoms with E-state index in [1.807, 2.05) is 66.7 Å². The van der Waals surface area contributed by atoms with E-state index < -0.39 is 0 Å². The minimum absolute atomic E-state index is 0.581. The third-order valence-corrected chi connectivity index (χ3v) is 5.16. The number of aryl methyl sites for hydroxylation is 1. The zero-order valence-corrected chi connectivity index (χ0v) is 17.5. The predicted octanol–water partition coefficient (Wildman–Crippen LogP) is 6.34. The summed E-state index contributed by atoms with van der Waals surface area (Å²) in [6.07, 6.45) is 4.96. The highest BCUT2D eigenvalue weighted by Crippen LogP contribution is 2.24. The van der Waals surface area contributed by atoms with Gasteiger partial charge in [0.2, 0.25) is 0 Å². The van der Waals surface area contributed by atoms with Crippen LogP contribution in [0.5, 0.6) is 11.5 Å². The fourth-order valence-electron chi connectivity index (χ4n) is 3.31. The fourth-order valence-corrected chi connectivity index (χ4v) is 3.50. The van der Waals surface area contributed by atoms with Crippen LogP contribution in [0.25, 0.3) is 23.2 Å². The summed E-state index contributed by atoms with van der Waals surface area (Å²) >= 11 is 6.17. The minimum Gasteiger partial charge on any atom is -0.497 e. The zero-order valence-electron chi connectivity index (χ0n) is 16.8. The number of rotatable bonds is 8. The van der Waals surface area contributed by atoms with Crippen molar-refractivity contribution in [3.63, 3.8) is 0 Å². The highest BCUT2D eigenvalue weighted by Gasteiger charge is 2.08. The Balaban J connectivity index is 1.49. The number of halogens is 1. The van der Waals surface area contributed by atoms with Crippen LogP contribution < -0.4 is 9.47 Å². The smallest absolute Gasteiger partial charge is 0.137 e. The van der Waals surface area contributed by atoms with Gasteiger partial charge in [0.05, 0.1) is 29.8 Å². The maximum Gasteiger partial charge on any atom is 0.137 e. The average molecular weight is 419 g/mol. The molecule has 0 aliphatic heterocycles. The number of imidazole rings is 1. The standard InChI is InChI=1S/C25H23ClN2O2/c1-29-20-14-11-19(12-15-20)13-16-25-27-22-8-3-4-9-23(22)28(25)17-6-18-30-24-10-5-2-7-21(24)26/h2-5,7-16H,6,17-18H2,1H3/b16-13+. The molecule has 0 atom stereocenters. The van der Waals surface area contributed by atoms with E-state index in [4.69, 9.17) is 26.1 Å². The van der Waals surface area contributed by atoms with Crippen molar-refractivity contribution in [2.75, 3.05) is 13.7 Å². The molecule has 3 aromatic carbocycles. The van der Waals surface area contributed by atoms with Crippen molar-refractivity contribution in [1.82, 2.24) is 9.55 Å². The third kappa shape index (κ3) is 4.66. The largest absolute Gasteiger partial charge is 0.497 e. The molecular formula is C25H23ClN2O2. The molecule has 0 saturated heterocycles. The van der Waals surface area contributed by atoms with Crippen LogP contribution in [0.15, 0.2) is 72.8 Å². The molecule has 1 aromatic heterocycles. The summed E-state index contributed by atoms with van der Waals surface area (Å²) in [6, 6.07) is 23.7. The molecular weight excluding hydrogens is 396 g/mol. The Kier molecular flexibility index (Phi) is 6.35. The molecule has 0 saturated carbocycles. The monoisotopic (exact) mass is 418 g/mol. The molecule has 30 heavy (non-hydrogen) atoms. The quantitative estimate of drug-likeness (QED) is 0.313. The zero-order chi connectivity index (χ0) is 20.8. The lowest BCUT2D eigenvalue weighted by Crippen LogP contribution is -2.06. The molecule has 0 amide bonds. The van der Waals surface area contributed by atoms with Crippen LogP contribution >= 0.6 is 11.6 Å². The van der Waals surface area contributed by atoms with Gasteiger partial charge in [0.1, 0.15) is 17.3 Å². The van der Waals surface area contributed by atoms with Gasteiger partial charge in [-0.25, -0.2) is 4.98 Å². The van der Waals surface area contributed by atoms with Crippen LogP contribution in [-0.2, 0) is 6.54 Å². The Bertz CT molecular complexity index is 1150. The average Bonchev–Trinajstić information content (AvgIpc) is 3.14. The van der Waals surface area contributed by atoms with E-state index in [9.17, 15) is 0 Å². The van der Waals surface area contributed by atoms with Crippen molar-refractivity contribution >= 4 is 34.8 Å². The predicted molar refractivity (Wildman–Crippen MR) is 123 cm³/mol. The normalized spacial score (nSPS) is 11.3. The van der Waals surface area contributed by atoms with E-state index in [0.717, 1.165) is 41.1 Å². The summed E-state index contributed by atoms with van der Waals surface area (Å²) < 4.78 is 13.3. The molecule has 4 nitrogen and oxygen atoms in total. The maximum absolute atomic E-state index is 6.17. The number of benzene rings is 3. The van der Waals surface area contributed by atoms with E-state index in [1.165, 1.54) is 0 Å². The highest BCUT2D eigenvalue weighted by molar-refractivity contribution is 6.32. The Morgan fingerprint density at radius 3 is 2.50 bits per heavy atom. The summed E-state index contributed by atoms with van der Waals surface area (Å²) in [4.78, 5) is 4.80. The van der Waals surface area contributed by atoms with Gasteiger partial charge < -0.3 is 14.0 Å². The van der Waals surface area contributed by atoms with Gasteiger partial charge in [-0.05, 0) is 54.5 Å². The molecule has 0 N–H and O–H groups in total. The molecule has 0 fully saturated rings. The molecule has 0 aliphatic rings. The van der Waals surface area contributed by atoms with E-state index in [1.54, 1.807) is 7.11 Å². The topological polar surface area (TPSA) is 36.3 Å². The van der Waals surface area contributed by atoms with Crippen LogP contribution in [0, 0.1) is 0 Å². The molecule has 0 bridgehead atoms. The molecule has 0 spiro atoms. The number of hydrogen-bond donors (Lipinski definition) is 0. The number of methoxy groups -OCH3 is 1. The van der Waals surface area contributed by atoms with E-state index in [0.29, 0.717) is 17.4 Å². The third-order valence-electron chi connectivity index (χ3n) is 4.85. The van der Waals surface area contributed by atoms with Gasteiger partial charge in [0, 0.05) is 6.54 Å². The summed E-state index contributed by atoms with van der Waals surface area (Å²) in [5.74, 6) is 2.48. The first-order chi connectivity index (χ1) is 14.7. The number of aromatic nitrogens is 2. The molecule has 0 radical (unpaired) electrons. The van der Waals surface area contributed by atoms with E-state index in [-0.39, 0.29) is 0 Å². The number of para-hydroxylation sites is 3. The summed E-state index contributed by atoms with van der Waals surface area (Å²) in [6.45, 7) is 1.38. The summed E-state index contributed by atoms with van der Waals surface area (Å²) in [5.41, 5.74) is 3.19. The Morgan fingerprint density at radius 2 is 1.70 bits per heavy atom. The second-order valence-electron chi connectivity index (χ2n) is 6.85. The van der Waals surface area contributed by atoms with Crippen molar-refractivity contribution in [3.05, 3.63) is 89.2 Å². The van der Waals surface area contributed by atoms with Crippen LogP contribution in [0.4, 0.5) is 0 Å². The lowest BCUT2D eigenvalue weighted by atomic mass is 10.2. The van der Waals surface area contributed by atoms with Crippen molar-refractivity contribution in [2.24, 2.45) is 0 Å². The summed E-state index contributed by atoms with van der Waals surface area (Å²) in [5, 5.41) is 0.633. The van der Waals surface area contributed by atoms with Gasteiger partial charge in [0.25, 0.3) is 0 Å². The molecule has 0 aliphatic carbocycles. The molecule has 4 rings (SSSR count). The lowest BCUT2D eigenvalue weighted by molar-refractivity contribution is 0.302. The maximum atomic E-state index is 6.17. The van der Waals surface area contributed by atoms with Crippen molar-refractivity contribution < 1.29 is 9.47 Å². The Hall–Kier alpha value is -3.24. The van der Waals surface area contributed by atoms with Crippen LogP contribution in [0.2, 0.25) is 5.02 Å². The Labute approximate surface area is 181 Å². The fraction of sp³-hybridized carbons (Fsp3) is 0.160. The van der Waals surface area contributed by atoms with E-state index >= 15 is 0 Å². The SMILES string of the molecule is COc1ccc(/C=C/c2nc3ccccc3n2CCCOc2ccccc2Cl)cc1. The first-order valence-corrected chi connectivity index (χ1v) is 10.3. The van der Waals surface area contributed by atoms with Crippen molar-refractivity contribution in [3.8, 4) is 11.5 Å². The second kappa shape index (κ2) is 9.51. The van der Waals surface area contributed by atoms with Gasteiger partial charge in [-0.3, -0.25) is 0 Å². The number of ether oxygens (including phenoxy) is 2. The molecule has 0 unspecified atom stereocenters. The molecule has 4 aromatic rings. The van der Waals surface area contributed by atoms with Gasteiger partial charge in [-0.2, -0.15) is 0 Å². The number of hydrogen-bond acceptors (Lipinski definition) is 3. The molecule has 5 heteroatoms. The molecule has 1 heterocycles. The van der Waals surface area contributed by atoms with Gasteiger partial charge in [0.15, 0.2) is 0 Å². The number of fused-ring (bicyclic) bond motifs is 1. The minimum atomic E-state index is 0.581. The van der Waals surface area contributed by atoms with Crippen molar-refractivity contribution in [1.29, 1.82) is 0 Å². The van der Waals surface area contributed by atoms with Gasteiger partial charge in [-0.15, -0.1) is 0 Å². The van der Waals surface area contributed by atoms with Crippen LogP contribution in [-0.4, -0.2) is 23.3 Å². The van der Waals surface area contributed by atoms with E-state index in [2.05, 4.69) is 22.8 Å². The lowest BCUT2D eigenvalue weighted by Gasteiger charge is -2.10. The van der Waals surface area contributed by atoms with Crippen LogP contribution in [0.1, 0.15) is 17.8 Å². The van der Waals surface area contributed by atoms with Gasteiger partial charge in [-0.1, -0.05) is 54.1 Å². The Morgan fingerprint density at radius 1 is 0.933 bits per heavy atom. The first-order valence-electron chi connectivity index (χ1n) is 9.89. The van der Waals surface area contributed by atoms with Crippen LogP contribution in [0.3, 0.4) is 0 Å². The second-order valence-corrected chi connectivity index (χ2v) is 7.26. The molecule has 152 valence electrons. The highest BCUT2D eigenvalue weighted by atomic mass is 35.5. The summed E-state index contributed by atoms with van der Waals surface area (Å²) in [7, 11) is 1.67. The first kappa shape index (κ1) is 20.0. The van der Waals surface area contributed by atoms with Crippen molar-refractivity contribution in [2.45, 2.75) is 13.0 Å².